The number of allylic oxidation sites excluding steroid dienone is 3. The Labute approximate surface area is 615 Å². The van der Waals surface area contributed by atoms with Crippen LogP contribution in [0, 0.1) is 0 Å². The van der Waals surface area contributed by atoms with Gasteiger partial charge in [0.05, 0.1) is 25.4 Å². The maximum absolute atomic E-state index is 12.6. The van der Waals surface area contributed by atoms with Crippen LogP contribution in [0.5, 0.6) is 0 Å². The van der Waals surface area contributed by atoms with Gasteiger partial charge in [-0.1, -0.05) is 481 Å². The third-order valence-electron chi connectivity index (χ3n) is 21.7. The molecule has 0 aromatic carbocycles. The molecule has 0 heterocycles. The summed E-state index contributed by atoms with van der Waals surface area (Å²) < 4.78 is 5.53. The Bertz CT molecular complexity index is 1550. The van der Waals surface area contributed by atoms with Crippen LogP contribution in [-0.4, -0.2) is 47.4 Å². The van der Waals surface area contributed by atoms with Gasteiger partial charge in [-0.15, -0.1) is 0 Å². The van der Waals surface area contributed by atoms with Crippen molar-refractivity contribution in [1.29, 1.82) is 0 Å². The van der Waals surface area contributed by atoms with Crippen molar-refractivity contribution in [3.63, 3.8) is 0 Å². The van der Waals surface area contributed by atoms with E-state index in [1.165, 1.54) is 462 Å². The van der Waals surface area contributed by atoms with E-state index in [4.69, 9.17) is 4.74 Å². The Kier molecular flexibility index (Phi) is 86.3. The fourth-order valence-electron chi connectivity index (χ4n) is 14.8. The molecule has 0 saturated carbocycles. The van der Waals surface area contributed by atoms with Gasteiger partial charge >= 0.3 is 5.97 Å². The molecule has 3 N–H and O–H groups in total. The summed E-state index contributed by atoms with van der Waals surface area (Å²) in [4.78, 5) is 24.7. The molecule has 0 aromatic rings. The van der Waals surface area contributed by atoms with Gasteiger partial charge in [0.1, 0.15) is 0 Å². The molecule has 6 heteroatoms. The molecule has 0 aromatic heterocycles. The number of hydrogen-bond acceptors (Lipinski definition) is 5. The maximum Gasteiger partial charge on any atom is 0.305 e. The normalized spacial score (nSPS) is 12.5. The first-order valence-electron chi connectivity index (χ1n) is 45.6. The Balaban J connectivity index is 3.32. The van der Waals surface area contributed by atoms with Crippen LogP contribution in [0.15, 0.2) is 24.3 Å². The average molecular weight is 1380 g/mol. The maximum atomic E-state index is 12.6. The van der Waals surface area contributed by atoms with Crippen molar-refractivity contribution in [3.8, 4) is 0 Å². The molecule has 0 rings (SSSR count). The molecular weight excluding hydrogens is 1200 g/mol. The van der Waals surface area contributed by atoms with Crippen LogP contribution >= 0.6 is 0 Å². The predicted molar refractivity (Wildman–Crippen MR) is 435 cm³/mol. The zero-order valence-electron chi connectivity index (χ0n) is 67.1. The molecule has 0 radical (unpaired) electrons. The van der Waals surface area contributed by atoms with E-state index in [2.05, 4.69) is 31.3 Å². The van der Waals surface area contributed by atoms with Gasteiger partial charge in [-0.3, -0.25) is 9.59 Å². The first-order chi connectivity index (χ1) is 48.5. The number of aliphatic hydroxyl groups is 2. The Morgan fingerprint density at radius 1 is 0.276 bits per heavy atom. The van der Waals surface area contributed by atoms with Crippen molar-refractivity contribution in [2.75, 3.05) is 13.2 Å². The summed E-state index contributed by atoms with van der Waals surface area (Å²) in [6, 6.07) is -0.625. The lowest BCUT2D eigenvalue weighted by molar-refractivity contribution is -0.143. The van der Waals surface area contributed by atoms with Gasteiger partial charge in [-0.25, -0.2) is 0 Å². The zero-order chi connectivity index (χ0) is 70.5. The molecule has 0 aliphatic heterocycles. The number of carbonyl (C=O) groups is 2. The van der Waals surface area contributed by atoms with Crippen LogP contribution in [0.25, 0.3) is 0 Å². The number of nitrogens with one attached hydrogen (secondary N) is 1. The predicted octanol–water partition coefficient (Wildman–Crippen LogP) is 30.7. The third kappa shape index (κ3) is 83.3. The van der Waals surface area contributed by atoms with E-state index < -0.39 is 12.1 Å². The number of ether oxygens (including phenoxy) is 1. The summed E-state index contributed by atoms with van der Waals surface area (Å²) in [6.07, 6.45) is 115. The largest absolute Gasteiger partial charge is 0.466 e. The molecule has 0 aliphatic carbocycles. The summed E-state index contributed by atoms with van der Waals surface area (Å²) in [6.45, 7) is 4.97. The van der Waals surface area contributed by atoms with Crippen LogP contribution in [0.1, 0.15) is 528 Å². The summed E-state index contributed by atoms with van der Waals surface area (Å²) >= 11 is 0. The fourth-order valence-corrected chi connectivity index (χ4v) is 14.8. The smallest absolute Gasteiger partial charge is 0.305 e. The Hall–Kier alpha value is -1.66. The van der Waals surface area contributed by atoms with E-state index in [-0.39, 0.29) is 18.5 Å². The summed E-state index contributed by atoms with van der Waals surface area (Å²) in [5, 5.41) is 23.4. The fraction of sp³-hybridized carbons (Fsp3) is 0.935. The van der Waals surface area contributed by atoms with E-state index in [1.54, 1.807) is 6.08 Å². The molecule has 0 saturated heterocycles. The Morgan fingerprint density at radius 3 is 0.724 bits per heavy atom. The van der Waals surface area contributed by atoms with E-state index >= 15 is 0 Å². The lowest BCUT2D eigenvalue weighted by atomic mass is 10.0. The average Bonchev–Trinajstić information content (AvgIpc) is 1.77. The number of rotatable bonds is 87. The zero-order valence-corrected chi connectivity index (χ0v) is 67.1. The monoisotopic (exact) mass is 1380 g/mol. The van der Waals surface area contributed by atoms with E-state index in [1.807, 2.05) is 6.08 Å². The second kappa shape index (κ2) is 87.7. The van der Waals surface area contributed by atoms with Gasteiger partial charge in [0.25, 0.3) is 0 Å². The minimum absolute atomic E-state index is 0.0241. The van der Waals surface area contributed by atoms with Crippen LogP contribution in [0.2, 0.25) is 0 Å². The topological polar surface area (TPSA) is 95.9 Å². The van der Waals surface area contributed by atoms with Gasteiger partial charge in [-0.05, 0) is 57.8 Å². The third-order valence-corrected chi connectivity index (χ3v) is 21.7. The van der Waals surface area contributed by atoms with Gasteiger partial charge < -0.3 is 20.3 Å². The lowest BCUT2D eigenvalue weighted by Gasteiger charge is -2.20. The molecule has 1 amide bonds. The minimum Gasteiger partial charge on any atom is -0.466 e. The van der Waals surface area contributed by atoms with Crippen molar-refractivity contribution in [2.24, 2.45) is 0 Å². The molecule has 6 nitrogen and oxygen atoms in total. The van der Waals surface area contributed by atoms with E-state index in [9.17, 15) is 19.8 Å². The summed E-state index contributed by atoms with van der Waals surface area (Å²) in [7, 11) is 0. The highest BCUT2D eigenvalue weighted by Crippen LogP contribution is 2.21. The minimum atomic E-state index is -0.842. The lowest BCUT2D eigenvalue weighted by Crippen LogP contribution is -2.45. The molecule has 98 heavy (non-hydrogen) atoms. The van der Waals surface area contributed by atoms with E-state index in [0.29, 0.717) is 19.4 Å². The van der Waals surface area contributed by atoms with Crippen LogP contribution in [0.4, 0.5) is 0 Å². The summed E-state index contributed by atoms with van der Waals surface area (Å²) in [5.74, 6) is -0.0318. The molecule has 582 valence electrons. The van der Waals surface area contributed by atoms with Crippen molar-refractivity contribution in [3.05, 3.63) is 24.3 Å². The van der Waals surface area contributed by atoms with Crippen LogP contribution in [-0.2, 0) is 14.3 Å². The van der Waals surface area contributed by atoms with Crippen molar-refractivity contribution >= 4 is 11.9 Å². The number of unbranched alkanes of at least 4 members (excludes halogenated alkanes) is 74. The van der Waals surface area contributed by atoms with Gasteiger partial charge in [0.2, 0.25) is 5.91 Å². The molecule has 2 atom stereocenters. The molecule has 0 aliphatic rings. The van der Waals surface area contributed by atoms with Crippen molar-refractivity contribution < 1.29 is 24.5 Å². The second-order valence-electron chi connectivity index (χ2n) is 31.6. The standard InChI is InChI=1S/C92H179NO5/c1-3-5-7-9-11-13-15-17-19-21-23-24-25-39-42-45-49-52-56-60-64-68-72-76-80-84-90(95)89(88-94)93-91(96)85-81-77-73-69-65-61-57-53-50-46-43-40-37-35-33-31-29-27-26-28-30-32-34-36-38-41-44-47-51-55-59-63-67-71-75-79-83-87-98-92(97)86-82-78-74-70-66-62-58-54-48-22-20-18-16-14-12-10-8-6-4-2/h18,20,80,84,89-90,94-95H,3-17,19,21-79,81-83,85-88H2,1-2H3,(H,93,96)/b20-18-,84-80+. The number of aliphatic hydroxyl groups excluding tert-OH is 2. The highest BCUT2D eigenvalue weighted by atomic mass is 16.5. The first kappa shape index (κ1) is 96.3. The molecule has 0 fully saturated rings. The van der Waals surface area contributed by atoms with Crippen LogP contribution in [0.3, 0.4) is 0 Å². The second-order valence-corrected chi connectivity index (χ2v) is 31.6. The van der Waals surface area contributed by atoms with Crippen molar-refractivity contribution in [1.82, 2.24) is 5.32 Å². The first-order valence-corrected chi connectivity index (χ1v) is 45.6. The summed E-state index contributed by atoms with van der Waals surface area (Å²) in [5.41, 5.74) is 0. The number of carbonyl (C=O) groups excluding carboxylic acids is 2. The van der Waals surface area contributed by atoms with E-state index in [0.717, 1.165) is 38.5 Å². The molecule has 0 bridgehead atoms. The highest BCUT2D eigenvalue weighted by Gasteiger charge is 2.18. The number of hydrogen-bond donors (Lipinski definition) is 3. The quantitative estimate of drug-likeness (QED) is 0.0320. The van der Waals surface area contributed by atoms with Gasteiger partial charge in [0, 0.05) is 12.8 Å². The van der Waals surface area contributed by atoms with Crippen LogP contribution < -0.4 is 5.32 Å². The number of esters is 1. The molecule has 2 unspecified atom stereocenters. The highest BCUT2D eigenvalue weighted by molar-refractivity contribution is 5.76. The number of amides is 1. The van der Waals surface area contributed by atoms with Crippen molar-refractivity contribution in [2.45, 2.75) is 540 Å². The molecular formula is C92H179NO5. The van der Waals surface area contributed by atoms with Gasteiger partial charge in [0.15, 0.2) is 0 Å². The SMILES string of the molecule is CCCCCCCC/C=C\CCCCCCCCCCCC(=O)OCCCCCCCCCCCCCCCCCCCCCCCCCCCCCCCCCCCCCCCC(=O)NC(CO)C(O)/C=C/CCCCCCCCCCCCCCCCCCCCCCCCC. The molecule has 0 spiro atoms. The van der Waals surface area contributed by atoms with Gasteiger partial charge in [-0.2, -0.15) is 0 Å². The Morgan fingerprint density at radius 2 is 0.480 bits per heavy atom.